The van der Waals surface area contributed by atoms with E-state index < -0.39 is 9.85 Å². The zero-order valence-electron chi connectivity index (χ0n) is 15.8. The quantitative estimate of drug-likeness (QED) is 0.525. The Balaban J connectivity index is 0.000000218. The molecule has 0 spiro atoms. The van der Waals surface area contributed by atoms with Crippen molar-refractivity contribution in [2.75, 3.05) is 19.0 Å². The topological polar surface area (TPSA) is 147 Å². The second-order valence-electron chi connectivity index (χ2n) is 5.68. The lowest BCUT2D eigenvalue weighted by Gasteiger charge is -2.08. The second kappa shape index (κ2) is 11.5. The van der Waals surface area contributed by atoms with E-state index in [2.05, 4.69) is 9.88 Å². The Kier molecular flexibility index (Phi) is 9.05. The van der Waals surface area contributed by atoms with E-state index in [1.807, 2.05) is 38.6 Å². The largest absolute Gasteiger partial charge is 0.872 e. The van der Waals surface area contributed by atoms with Crippen molar-refractivity contribution in [3.05, 3.63) is 93.3 Å². The number of hydrogen-bond acceptors (Lipinski definition) is 7. The summed E-state index contributed by atoms with van der Waals surface area (Å²) in [5.74, 6) is -0.184. The van der Waals surface area contributed by atoms with Gasteiger partial charge in [0.15, 0.2) is 12.4 Å². The zero-order chi connectivity index (χ0) is 21.8. The van der Waals surface area contributed by atoms with E-state index in [9.17, 15) is 25.3 Å². The minimum Gasteiger partial charge on any atom is -0.872 e. The lowest BCUT2D eigenvalue weighted by Crippen LogP contribution is -2.10. The molecule has 0 saturated carbocycles. The number of aromatic amines is 1. The number of rotatable bonds is 3. The highest BCUT2D eigenvalue weighted by Crippen LogP contribution is 2.15. The molecule has 1 heterocycles. The molecule has 0 bridgehead atoms. The molecule has 29 heavy (non-hydrogen) atoms. The van der Waals surface area contributed by atoms with Crippen LogP contribution in [-0.2, 0) is 0 Å². The van der Waals surface area contributed by atoms with Crippen molar-refractivity contribution < 1.29 is 25.0 Å². The van der Waals surface area contributed by atoms with Crippen LogP contribution in [0.2, 0.25) is 0 Å². The maximum absolute atomic E-state index is 10.4. The average Bonchev–Trinajstić information content (AvgIpc) is 2.70. The first kappa shape index (κ1) is 22.8. The van der Waals surface area contributed by atoms with Crippen LogP contribution < -0.4 is 15.0 Å². The lowest BCUT2D eigenvalue weighted by molar-refractivity contribution is -0.385. The van der Waals surface area contributed by atoms with E-state index in [4.69, 9.17) is 5.11 Å². The molecular weight excluding hydrogens is 380 g/mol. The molecular formula is C19H20N4O6. The van der Waals surface area contributed by atoms with Crippen LogP contribution in [0.3, 0.4) is 0 Å². The van der Waals surface area contributed by atoms with Crippen molar-refractivity contribution in [2.24, 2.45) is 0 Å². The van der Waals surface area contributed by atoms with Gasteiger partial charge in [0.25, 0.3) is 11.4 Å². The van der Waals surface area contributed by atoms with Crippen LogP contribution in [-0.4, -0.2) is 29.0 Å². The maximum Gasteiger partial charge on any atom is 0.269 e. The highest BCUT2D eigenvalue weighted by Gasteiger charge is 2.01. The fourth-order valence-electron chi connectivity index (χ4n) is 1.82. The van der Waals surface area contributed by atoms with Crippen molar-refractivity contribution in [2.45, 2.75) is 0 Å². The highest BCUT2D eigenvalue weighted by atomic mass is 16.6. The SMILES string of the molecule is CN(C)c1cc[nH+]cc1.O=[N+]([O-])c1ccc(O)cc1.O=[N+]([O-])c1ccc([O-])cc1. The van der Waals surface area contributed by atoms with E-state index in [1.54, 1.807) is 0 Å². The number of pyridine rings is 1. The fraction of sp³-hybridized carbons (Fsp3) is 0.105. The minimum absolute atomic E-state index is 0.0159. The summed E-state index contributed by atoms with van der Waals surface area (Å²) in [6.45, 7) is 0. The number of aromatic nitrogens is 1. The summed E-state index contributed by atoms with van der Waals surface area (Å²) >= 11 is 0. The van der Waals surface area contributed by atoms with Gasteiger partial charge in [0.2, 0.25) is 0 Å². The number of phenols is 1. The summed E-state index contributed by atoms with van der Waals surface area (Å²) in [5, 5.41) is 39.2. The van der Waals surface area contributed by atoms with Crippen LogP contribution in [0.25, 0.3) is 0 Å². The Bertz CT molecular complexity index is 845. The molecule has 0 radical (unpaired) electrons. The Hall–Kier alpha value is -4.21. The van der Waals surface area contributed by atoms with Crippen LogP contribution in [0.15, 0.2) is 73.1 Å². The summed E-state index contributed by atoms with van der Waals surface area (Å²) in [5.41, 5.74) is 1.14. The van der Waals surface area contributed by atoms with Crippen LogP contribution in [0.4, 0.5) is 17.1 Å². The molecule has 0 aliphatic rings. The van der Waals surface area contributed by atoms with Gasteiger partial charge in [-0.25, -0.2) is 4.98 Å². The van der Waals surface area contributed by atoms with Crippen molar-refractivity contribution >= 4 is 17.1 Å². The first-order valence-corrected chi connectivity index (χ1v) is 8.19. The van der Waals surface area contributed by atoms with Crippen molar-refractivity contribution in [1.29, 1.82) is 0 Å². The molecule has 3 rings (SSSR count). The van der Waals surface area contributed by atoms with Crippen LogP contribution in [0.1, 0.15) is 0 Å². The molecule has 3 aromatic rings. The number of phenolic OH excluding ortho intramolecular Hbond substituents is 1. The summed E-state index contributed by atoms with van der Waals surface area (Å²) in [4.78, 5) is 24.0. The molecule has 0 saturated heterocycles. The number of nitrogens with one attached hydrogen (secondary N) is 1. The molecule has 1 aromatic heterocycles. The Morgan fingerprint density at radius 2 is 1.21 bits per heavy atom. The lowest BCUT2D eigenvalue weighted by atomic mass is 10.3. The van der Waals surface area contributed by atoms with E-state index in [0.717, 1.165) is 12.1 Å². The summed E-state index contributed by atoms with van der Waals surface area (Å²) in [7, 11) is 4.05. The fourth-order valence-corrected chi connectivity index (χ4v) is 1.82. The molecule has 2 aromatic carbocycles. The number of nitro groups is 2. The van der Waals surface area contributed by atoms with Gasteiger partial charge < -0.3 is 15.1 Å². The number of non-ortho nitro benzene ring substituents is 2. The van der Waals surface area contributed by atoms with Gasteiger partial charge in [-0.3, -0.25) is 20.2 Å². The summed E-state index contributed by atoms with van der Waals surface area (Å²) < 4.78 is 0. The van der Waals surface area contributed by atoms with Crippen molar-refractivity contribution in [1.82, 2.24) is 0 Å². The van der Waals surface area contributed by atoms with Gasteiger partial charge in [-0.2, -0.15) is 0 Å². The summed E-state index contributed by atoms with van der Waals surface area (Å²) in [6, 6.07) is 13.8. The van der Waals surface area contributed by atoms with Gasteiger partial charge in [0.1, 0.15) is 5.75 Å². The van der Waals surface area contributed by atoms with E-state index in [-0.39, 0.29) is 22.9 Å². The first-order valence-electron chi connectivity index (χ1n) is 8.19. The number of nitrogens with zero attached hydrogens (tertiary/aromatic N) is 3. The Morgan fingerprint density at radius 3 is 1.55 bits per heavy atom. The molecule has 152 valence electrons. The molecule has 0 aliphatic carbocycles. The zero-order valence-corrected chi connectivity index (χ0v) is 15.8. The number of H-pyrrole nitrogens is 1. The van der Waals surface area contributed by atoms with E-state index in [0.29, 0.717) is 0 Å². The third kappa shape index (κ3) is 8.82. The number of hydrogen-bond donors (Lipinski definition) is 1. The number of nitro benzene ring substituents is 2. The normalized spacial score (nSPS) is 9.17. The van der Waals surface area contributed by atoms with Gasteiger partial charge in [0.05, 0.1) is 9.85 Å². The molecule has 0 fully saturated rings. The smallest absolute Gasteiger partial charge is 0.269 e. The van der Waals surface area contributed by atoms with E-state index in [1.165, 1.54) is 42.1 Å². The molecule has 10 nitrogen and oxygen atoms in total. The number of aromatic hydroxyl groups is 1. The van der Waals surface area contributed by atoms with Gasteiger partial charge in [-0.1, -0.05) is 12.1 Å². The predicted molar refractivity (Wildman–Crippen MR) is 105 cm³/mol. The highest BCUT2D eigenvalue weighted by molar-refractivity contribution is 5.41. The third-order valence-electron chi connectivity index (χ3n) is 3.33. The first-order chi connectivity index (χ1) is 13.7. The Labute approximate surface area is 166 Å². The van der Waals surface area contributed by atoms with Crippen LogP contribution in [0, 0.1) is 20.2 Å². The minimum atomic E-state index is -0.542. The van der Waals surface area contributed by atoms with Gasteiger partial charge in [0, 0.05) is 56.2 Å². The molecule has 10 heteroatoms. The van der Waals surface area contributed by atoms with Gasteiger partial charge in [-0.15, -0.1) is 5.75 Å². The molecule has 0 aliphatic heterocycles. The van der Waals surface area contributed by atoms with E-state index >= 15 is 0 Å². The second-order valence-corrected chi connectivity index (χ2v) is 5.68. The van der Waals surface area contributed by atoms with Gasteiger partial charge >= 0.3 is 0 Å². The van der Waals surface area contributed by atoms with Gasteiger partial charge in [-0.05, 0) is 12.1 Å². The van der Waals surface area contributed by atoms with Crippen molar-refractivity contribution in [3.63, 3.8) is 0 Å². The Morgan fingerprint density at radius 1 is 0.793 bits per heavy atom. The molecule has 2 N–H and O–H groups in total. The van der Waals surface area contributed by atoms with Crippen molar-refractivity contribution in [3.8, 4) is 11.5 Å². The standard InChI is InChI=1S/C7H10N2.2C6H5NO3/c1-9(2)7-3-5-8-6-4-7;2*8-6-3-1-5(2-4-6)7(9)10/h3-6H,1-2H3;2*1-4,8H. The number of benzene rings is 2. The molecule has 0 unspecified atom stereocenters. The molecule has 0 amide bonds. The average molecular weight is 400 g/mol. The summed E-state index contributed by atoms with van der Waals surface area (Å²) in [6.07, 6.45) is 3.82. The maximum atomic E-state index is 10.4. The molecule has 0 atom stereocenters. The van der Waals surface area contributed by atoms with Crippen LogP contribution >= 0.6 is 0 Å². The monoisotopic (exact) mass is 400 g/mol. The predicted octanol–water partition coefficient (Wildman–Crippen LogP) is 2.54. The number of anilines is 1. The van der Waals surface area contributed by atoms with Crippen LogP contribution in [0.5, 0.6) is 11.5 Å². The third-order valence-corrected chi connectivity index (χ3v) is 3.33.